The minimum absolute atomic E-state index is 0. The molecule has 6 heteroatoms. The van der Waals surface area contributed by atoms with Crippen LogP contribution in [0.1, 0.15) is 50.5 Å². The molecule has 1 saturated heterocycles. The van der Waals surface area contributed by atoms with Gasteiger partial charge in [-0.3, -0.25) is 9.59 Å². The van der Waals surface area contributed by atoms with Crippen molar-refractivity contribution in [1.29, 1.82) is 0 Å². The summed E-state index contributed by atoms with van der Waals surface area (Å²) in [5.41, 5.74) is 7.97. The Morgan fingerprint density at radius 2 is 1.77 bits per heavy atom. The minimum atomic E-state index is 0. The molecule has 2 aliphatic rings. The van der Waals surface area contributed by atoms with E-state index in [1.54, 1.807) is 0 Å². The molecule has 0 aromatic heterocycles. The second-order valence-corrected chi connectivity index (χ2v) is 7.39. The van der Waals surface area contributed by atoms with Crippen LogP contribution in [0.4, 0.5) is 5.69 Å². The summed E-state index contributed by atoms with van der Waals surface area (Å²) in [5, 5.41) is 2.96. The van der Waals surface area contributed by atoms with E-state index in [0.717, 1.165) is 62.9 Å². The fourth-order valence-corrected chi connectivity index (χ4v) is 3.90. The van der Waals surface area contributed by atoms with Crippen molar-refractivity contribution >= 4 is 29.9 Å². The van der Waals surface area contributed by atoms with Crippen LogP contribution in [0, 0.1) is 5.92 Å². The summed E-state index contributed by atoms with van der Waals surface area (Å²) in [6, 6.07) is 7.99. The maximum Gasteiger partial charge on any atom is 0.224 e. The van der Waals surface area contributed by atoms with Crippen molar-refractivity contribution in [3.63, 3.8) is 0 Å². The molecule has 2 atom stereocenters. The van der Waals surface area contributed by atoms with E-state index in [0.29, 0.717) is 18.8 Å². The maximum atomic E-state index is 12.1. The summed E-state index contributed by atoms with van der Waals surface area (Å²) in [6.07, 6.45) is 7.29. The molecule has 1 aromatic carbocycles. The van der Waals surface area contributed by atoms with Crippen molar-refractivity contribution in [2.75, 3.05) is 18.4 Å². The van der Waals surface area contributed by atoms with Crippen molar-refractivity contribution < 1.29 is 9.59 Å². The van der Waals surface area contributed by atoms with Crippen LogP contribution >= 0.6 is 12.4 Å². The summed E-state index contributed by atoms with van der Waals surface area (Å²) in [7, 11) is 0. The zero-order valence-corrected chi connectivity index (χ0v) is 16.1. The average molecular weight is 380 g/mol. The van der Waals surface area contributed by atoms with Gasteiger partial charge in [-0.2, -0.15) is 0 Å². The first-order valence-corrected chi connectivity index (χ1v) is 9.54. The molecular formula is C20H30ClN3O2. The van der Waals surface area contributed by atoms with E-state index >= 15 is 0 Å². The highest BCUT2D eigenvalue weighted by atomic mass is 35.5. The molecule has 0 spiro atoms. The van der Waals surface area contributed by atoms with Gasteiger partial charge in [0.25, 0.3) is 0 Å². The second kappa shape index (κ2) is 9.93. The summed E-state index contributed by atoms with van der Waals surface area (Å²) in [6.45, 7) is 1.82. The Bertz CT molecular complexity index is 600. The molecule has 1 saturated carbocycles. The van der Waals surface area contributed by atoms with E-state index in [-0.39, 0.29) is 30.3 Å². The van der Waals surface area contributed by atoms with Crippen molar-refractivity contribution in [1.82, 2.24) is 4.90 Å². The molecule has 1 aliphatic carbocycles. The summed E-state index contributed by atoms with van der Waals surface area (Å²) in [4.78, 5) is 26.2. The average Bonchev–Trinajstić information content (AvgIpc) is 3.26. The van der Waals surface area contributed by atoms with Gasteiger partial charge in [0, 0.05) is 37.7 Å². The first-order chi connectivity index (χ1) is 12.1. The second-order valence-electron chi connectivity index (χ2n) is 7.39. The highest BCUT2D eigenvalue weighted by Crippen LogP contribution is 2.27. The summed E-state index contributed by atoms with van der Waals surface area (Å²) < 4.78 is 0. The van der Waals surface area contributed by atoms with Crippen LogP contribution in [0.2, 0.25) is 0 Å². The highest BCUT2D eigenvalue weighted by molar-refractivity contribution is 5.90. The van der Waals surface area contributed by atoms with E-state index in [2.05, 4.69) is 5.32 Å². The molecule has 2 fully saturated rings. The lowest BCUT2D eigenvalue weighted by molar-refractivity contribution is -0.130. The Balaban J connectivity index is 0.00000243. The van der Waals surface area contributed by atoms with Gasteiger partial charge in [0.2, 0.25) is 11.8 Å². The van der Waals surface area contributed by atoms with Gasteiger partial charge in [0.1, 0.15) is 0 Å². The number of halogens is 1. The quantitative estimate of drug-likeness (QED) is 0.797. The largest absolute Gasteiger partial charge is 0.343 e. The van der Waals surface area contributed by atoms with E-state index in [1.807, 2.05) is 29.2 Å². The van der Waals surface area contributed by atoms with Gasteiger partial charge >= 0.3 is 0 Å². The van der Waals surface area contributed by atoms with Crippen molar-refractivity contribution in [3.05, 3.63) is 29.8 Å². The van der Waals surface area contributed by atoms with Crippen LogP contribution in [0.3, 0.4) is 0 Å². The SMILES string of the molecule is Cl.N[C@@H]1CCC[C@H]1CC(=O)Nc1ccc(CCC(=O)N2CCCC2)cc1. The van der Waals surface area contributed by atoms with Gasteiger partial charge in [-0.25, -0.2) is 0 Å². The number of nitrogens with zero attached hydrogens (tertiary/aromatic N) is 1. The molecule has 3 rings (SSSR count). The third-order valence-corrected chi connectivity index (χ3v) is 5.49. The van der Waals surface area contributed by atoms with Crippen molar-refractivity contribution in [3.8, 4) is 0 Å². The van der Waals surface area contributed by atoms with E-state index < -0.39 is 0 Å². The van der Waals surface area contributed by atoms with Gasteiger partial charge in [-0.1, -0.05) is 18.6 Å². The molecule has 26 heavy (non-hydrogen) atoms. The van der Waals surface area contributed by atoms with Gasteiger partial charge in [0.05, 0.1) is 0 Å². The lowest BCUT2D eigenvalue weighted by Crippen LogP contribution is -2.28. The molecule has 1 aromatic rings. The standard InChI is InChI=1S/C20H29N3O2.ClH/c21-18-5-3-4-16(18)14-19(24)22-17-9-6-15(7-10-17)8-11-20(25)23-12-1-2-13-23;/h6-7,9-10,16,18H,1-5,8,11-14,21H2,(H,22,24);1H/t16-,18+;/m0./s1. The normalized spacial score (nSPS) is 22.1. The third kappa shape index (κ3) is 5.71. The molecule has 1 aliphatic heterocycles. The third-order valence-electron chi connectivity index (χ3n) is 5.49. The van der Waals surface area contributed by atoms with Gasteiger partial charge in [0.15, 0.2) is 0 Å². The van der Waals surface area contributed by atoms with Crippen LogP contribution in [-0.2, 0) is 16.0 Å². The maximum absolute atomic E-state index is 12.1. The number of carbonyl (C=O) groups is 2. The van der Waals surface area contributed by atoms with Crippen LogP contribution in [0.15, 0.2) is 24.3 Å². The molecule has 5 nitrogen and oxygen atoms in total. The number of carbonyl (C=O) groups excluding carboxylic acids is 2. The van der Waals surface area contributed by atoms with Crippen LogP contribution in [0.25, 0.3) is 0 Å². The molecule has 2 amide bonds. The van der Waals surface area contributed by atoms with E-state index in [1.165, 1.54) is 0 Å². The zero-order valence-electron chi connectivity index (χ0n) is 15.3. The fourth-order valence-electron chi connectivity index (χ4n) is 3.90. The smallest absolute Gasteiger partial charge is 0.224 e. The van der Waals surface area contributed by atoms with E-state index in [4.69, 9.17) is 5.73 Å². The Kier molecular flexibility index (Phi) is 7.91. The monoisotopic (exact) mass is 379 g/mol. The molecule has 3 N–H and O–H groups in total. The Morgan fingerprint density at radius 1 is 1.08 bits per heavy atom. The van der Waals surface area contributed by atoms with Crippen molar-refractivity contribution in [2.45, 2.75) is 57.4 Å². The lowest BCUT2D eigenvalue weighted by Gasteiger charge is -2.15. The topological polar surface area (TPSA) is 75.4 Å². The van der Waals surface area contributed by atoms with Crippen LogP contribution in [0.5, 0.6) is 0 Å². The molecule has 0 unspecified atom stereocenters. The number of benzene rings is 1. The van der Waals surface area contributed by atoms with Crippen LogP contribution in [-0.4, -0.2) is 35.8 Å². The molecule has 1 heterocycles. The Hall–Kier alpha value is -1.59. The Labute approximate surface area is 162 Å². The Morgan fingerprint density at radius 3 is 2.38 bits per heavy atom. The number of amides is 2. The first kappa shape index (κ1) is 20.7. The van der Waals surface area contributed by atoms with Gasteiger partial charge in [-0.15, -0.1) is 12.4 Å². The molecular weight excluding hydrogens is 350 g/mol. The number of likely N-dealkylation sites (tertiary alicyclic amines) is 1. The number of hydrogen-bond acceptors (Lipinski definition) is 3. The van der Waals surface area contributed by atoms with Crippen molar-refractivity contribution in [2.24, 2.45) is 11.7 Å². The molecule has 0 radical (unpaired) electrons. The van der Waals surface area contributed by atoms with Gasteiger partial charge in [-0.05, 0) is 55.7 Å². The minimum Gasteiger partial charge on any atom is -0.343 e. The zero-order chi connectivity index (χ0) is 17.6. The number of nitrogens with two attached hydrogens (primary N) is 1. The predicted octanol–water partition coefficient (Wildman–Crippen LogP) is 3.12. The first-order valence-electron chi connectivity index (χ1n) is 9.54. The number of anilines is 1. The fraction of sp³-hybridized carbons (Fsp3) is 0.600. The van der Waals surface area contributed by atoms with Gasteiger partial charge < -0.3 is 16.0 Å². The highest BCUT2D eigenvalue weighted by Gasteiger charge is 2.26. The molecule has 0 bridgehead atoms. The van der Waals surface area contributed by atoms with E-state index in [9.17, 15) is 9.59 Å². The number of aryl methyl sites for hydroxylation is 1. The number of rotatable bonds is 6. The molecule has 144 valence electrons. The summed E-state index contributed by atoms with van der Waals surface area (Å²) >= 11 is 0. The number of nitrogens with one attached hydrogen (secondary N) is 1. The predicted molar refractivity (Wildman–Crippen MR) is 106 cm³/mol. The number of hydrogen-bond donors (Lipinski definition) is 2. The van der Waals surface area contributed by atoms with Crippen LogP contribution < -0.4 is 11.1 Å². The summed E-state index contributed by atoms with van der Waals surface area (Å²) in [5.74, 6) is 0.609. The lowest BCUT2D eigenvalue weighted by atomic mass is 10.00.